The summed E-state index contributed by atoms with van der Waals surface area (Å²) in [6.07, 6.45) is -0.250. The van der Waals surface area contributed by atoms with Crippen molar-refractivity contribution in [3.8, 4) is 0 Å². The summed E-state index contributed by atoms with van der Waals surface area (Å²) in [5.41, 5.74) is 3.34. The standard InChI is InChI=1S/C17H23N5.C11H16IN3O2/c1-2-4-15(5-3-1)14-20-8-10-21(11-9-20)17-12-16-13-18-6-7-22(16)19-17;1-11(2,3)17-10(16)14-4-5-15-8(7-14)6-9(12)13-15/h1-5,12,18H,6-11,13-14H2;6H,4-5,7H2,1-3H3. The van der Waals surface area contributed by atoms with Crippen LogP contribution in [-0.2, 0) is 37.5 Å². The first-order valence-electron chi connectivity index (χ1n) is 13.7. The summed E-state index contributed by atoms with van der Waals surface area (Å²) < 4.78 is 10.4. The molecule has 0 spiro atoms. The molecule has 1 amide bonds. The lowest BCUT2D eigenvalue weighted by molar-refractivity contribution is 0.0194. The first kappa shape index (κ1) is 27.9. The van der Waals surface area contributed by atoms with Crippen LogP contribution in [0.1, 0.15) is 37.7 Å². The Balaban J connectivity index is 0.000000164. The van der Waals surface area contributed by atoms with Gasteiger partial charge in [-0.25, -0.2) is 4.79 Å². The molecule has 3 aromatic rings. The van der Waals surface area contributed by atoms with Crippen molar-refractivity contribution >= 4 is 34.5 Å². The number of nitrogens with one attached hydrogen (secondary N) is 1. The van der Waals surface area contributed by atoms with Crippen LogP contribution in [0.4, 0.5) is 10.6 Å². The van der Waals surface area contributed by atoms with E-state index in [9.17, 15) is 4.79 Å². The number of amides is 1. The van der Waals surface area contributed by atoms with Crippen LogP contribution in [0.25, 0.3) is 0 Å². The molecule has 0 atom stereocenters. The normalized spacial score (nSPS) is 17.6. The summed E-state index contributed by atoms with van der Waals surface area (Å²) in [7, 11) is 0. The number of halogens is 1. The Morgan fingerprint density at radius 2 is 1.69 bits per heavy atom. The fraction of sp³-hybridized carbons (Fsp3) is 0.536. The van der Waals surface area contributed by atoms with E-state index in [1.165, 1.54) is 11.3 Å². The Labute approximate surface area is 244 Å². The van der Waals surface area contributed by atoms with Crippen molar-refractivity contribution < 1.29 is 9.53 Å². The number of nitrogens with zero attached hydrogens (tertiary/aromatic N) is 7. The van der Waals surface area contributed by atoms with Crippen LogP contribution in [-0.4, -0.2) is 80.3 Å². The summed E-state index contributed by atoms with van der Waals surface area (Å²) in [6.45, 7) is 16.0. The first-order chi connectivity index (χ1) is 18.7. The third-order valence-corrected chi connectivity index (χ3v) is 7.55. The number of ether oxygens (including phenoxy) is 1. The molecule has 3 aliphatic heterocycles. The van der Waals surface area contributed by atoms with Gasteiger partial charge in [0.05, 0.1) is 31.0 Å². The van der Waals surface area contributed by atoms with E-state index in [1.54, 1.807) is 4.90 Å². The summed E-state index contributed by atoms with van der Waals surface area (Å²) in [5, 5.41) is 12.5. The van der Waals surface area contributed by atoms with Crippen molar-refractivity contribution in [2.75, 3.05) is 44.2 Å². The number of rotatable bonds is 3. The zero-order valence-electron chi connectivity index (χ0n) is 23.1. The van der Waals surface area contributed by atoms with Gasteiger partial charge in [0.1, 0.15) is 9.30 Å². The van der Waals surface area contributed by atoms with E-state index in [1.807, 2.05) is 31.5 Å². The number of piperazine rings is 1. The number of carbonyl (C=O) groups is 1. The number of anilines is 1. The van der Waals surface area contributed by atoms with Gasteiger partial charge in [0.15, 0.2) is 5.82 Å². The molecule has 210 valence electrons. The van der Waals surface area contributed by atoms with Gasteiger partial charge in [0.2, 0.25) is 0 Å². The molecule has 0 radical (unpaired) electrons. The molecule has 3 aliphatic rings. The largest absolute Gasteiger partial charge is 0.444 e. The van der Waals surface area contributed by atoms with Crippen LogP contribution in [0.3, 0.4) is 0 Å². The highest BCUT2D eigenvalue weighted by molar-refractivity contribution is 14.1. The lowest BCUT2D eigenvalue weighted by Crippen LogP contribution is -2.46. The molecule has 0 aliphatic carbocycles. The van der Waals surface area contributed by atoms with Gasteiger partial charge in [-0.15, -0.1) is 0 Å². The molecule has 1 fully saturated rings. The van der Waals surface area contributed by atoms with E-state index in [2.05, 4.69) is 83.9 Å². The smallest absolute Gasteiger partial charge is 0.410 e. The number of fused-ring (bicyclic) bond motifs is 2. The first-order valence-corrected chi connectivity index (χ1v) is 14.8. The summed E-state index contributed by atoms with van der Waals surface area (Å²) in [6, 6.07) is 15.0. The molecule has 0 bridgehead atoms. The Hall–Kier alpha value is -2.64. The molecule has 39 heavy (non-hydrogen) atoms. The van der Waals surface area contributed by atoms with Crippen molar-refractivity contribution in [3.63, 3.8) is 0 Å². The highest BCUT2D eigenvalue weighted by Gasteiger charge is 2.26. The number of aromatic nitrogens is 4. The Morgan fingerprint density at radius 1 is 0.949 bits per heavy atom. The van der Waals surface area contributed by atoms with Crippen LogP contribution >= 0.6 is 22.6 Å². The molecular formula is C28H39IN8O2. The van der Waals surface area contributed by atoms with Gasteiger partial charge >= 0.3 is 6.09 Å². The molecule has 1 aromatic carbocycles. The van der Waals surface area contributed by atoms with Gasteiger partial charge in [0.25, 0.3) is 0 Å². The Bertz CT molecular complexity index is 1220. The molecule has 11 heteroatoms. The second-order valence-corrected chi connectivity index (χ2v) is 12.3. The minimum absolute atomic E-state index is 0.250. The van der Waals surface area contributed by atoms with Gasteiger partial charge in [-0.1, -0.05) is 30.3 Å². The third-order valence-electron chi connectivity index (χ3n) is 7.02. The van der Waals surface area contributed by atoms with Gasteiger partial charge < -0.3 is 19.9 Å². The van der Waals surface area contributed by atoms with Crippen LogP contribution in [0.5, 0.6) is 0 Å². The van der Waals surface area contributed by atoms with Crippen LogP contribution in [0, 0.1) is 3.70 Å². The molecule has 0 saturated carbocycles. The Kier molecular flexibility index (Phi) is 8.77. The van der Waals surface area contributed by atoms with Crippen LogP contribution < -0.4 is 10.2 Å². The SMILES string of the molecule is CC(C)(C)OC(=O)N1CCn2nc(I)cc2C1.c1ccc(CN2CCN(c3cc4n(n3)CCNC4)CC2)cc1. The second kappa shape index (κ2) is 12.3. The maximum atomic E-state index is 11.9. The number of hydrogen-bond donors (Lipinski definition) is 1. The van der Waals surface area contributed by atoms with E-state index in [0.29, 0.717) is 13.1 Å². The maximum Gasteiger partial charge on any atom is 0.410 e. The van der Waals surface area contributed by atoms with E-state index < -0.39 is 5.60 Å². The summed E-state index contributed by atoms with van der Waals surface area (Å²) in [4.78, 5) is 18.6. The van der Waals surface area contributed by atoms with Gasteiger partial charge in [0, 0.05) is 58.4 Å². The zero-order chi connectivity index (χ0) is 27.4. The second-order valence-electron chi connectivity index (χ2n) is 11.2. The van der Waals surface area contributed by atoms with E-state index in [4.69, 9.17) is 9.84 Å². The van der Waals surface area contributed by atoms with Crippen molar-refractivity contribution in [2.45, 2.75) is 59.1 Å². The lowest BCUT2D eigenvalue weighted by Gasteiger charge is -2.34. The Morgan fingerprint density at radius 3 is 2.41 bits per heavy atom. The van der Waals surface area contributed by atoms with Crippen molar-refractivity contribution in [1.82, 2.24) is 34.7 Å². The molecular weight excluding hydrogens is 607 g/mol. The van der Waals surface area contributed by atoms with Crippen molar-refractivity contribution in [1.29, 1.82) is 0 Å². The highest BCUT2D eigenvalue weighted by Crippen LogP contribution is 2.20. The molecule has 2 aromatic heterocycles. The molecule has 1 saturated heterocycles. The van der Waals surface area contributed by atoms with Crippen molar-refractivity contribution in [3.05, 3.63) is 63.1 Å². The predicted molar refractivity (Wildman–Crippen MR) is 159 cm³/mol. The topological polar surface area (TPSA) is 83.7 Å². The van der Waals surface area contributed by atoms with E-state index in [0.717, 1.165) is 74.1 Å². The minimum Gasteiger partial charge on any atom is -0.444 e. The molecule has 6 rings (SSSR count). The summed E-state index contributed by atoms with van der Waals surface area (Å²) in [5.74, 6) is 1.15. The highest BCUT2D eigenvalue weighted by atomic mass is 127. The van der Waals surface area contributed by atoms with Gasteiger partial charge in [-0.05, 0) is 55.0 Å². The quantitative estimate of drug-likeness (QED) is 0.436. The number of carbonyl (C=O) groups excluding carboxylic acids is 1. The van der Waals surface area contributed by atoms with Crippen molar-refractivity contribution in [2.24, 2.45) is 0 Å². The van der Waals surface area contributed by atoms with E-state index >= 15 is 0 Å². The fourth-order valence-electron chi connectivity index (χ4n) is 5.02. The third kappa shape index (κ3) is 7.52. The molecule has 1 N–H and O–H groups in total. The number of hydrogen-bond acceptors (Lipinski definition) is 7. The maximum absolute atomic E-state index is 11.9. The predicted octanol–water partition coefficient (Wildman–Crippen LogP) is 3.55. The number of benzene rings is 1. The average Bonchev–Trinajstić information content (AvgIpc) is 3.51. The average molecular weight is 647 g/mol. The lowest BCUT2D eigenvalue weighted by atomic mass is 10.2. The van der Waals surface area contributed by atoms with Crippen LogP contribution in [0.15, 0.2) is 42.5 Å². The minimum atomic E-state index is -0.441. The molecule has 0 unspecified atom stereocenters. The van der Waals surface area contributed by atoms with Gasteiger partial charge in [-0.3, -0.25) is 14.3 Å². The van der Waals surface area contributed by atoms with Crippen LogP contribution in [0.2, 0.25) is 0 Å². The fourth-order valence-corrected chi connectivity index (χ4v) is 5.64. The monoisotopic (exact) mass is 646 g/mol. The molecule has 5 heterocycles. The molecule has 10 nitrogen and oxygen atoms in total. The zero-order valence-corrected chi connectivity index (χ0v) is 25.3. The van der Waals surface area contributed by atoms with E-state index in [-0.39, 0.29) is 6.09 Å². The summed E-state index contributed by atoms with van der Waals surface area (Å²) >= 11 is 2.18. The van der Waals surface area contributed by atoms with Gasteiger partial charge in [-0.2, -0.15) is 10.2 Å².